The van der Waals surface area contributed by atoms with Crippen molar-refractivity contribution < 1.29 is 93.0 Å². The van der Waals surface area contributed by atoms with Crippen LogP contribution in [0.1, 0.15) is 0 Å². The van der Waals surface area contributed by atoms with Gasteiger partial charge in [0.05, 0.1) is 101 Å². The van der Waals surface area contributed by atoms with Crippen molar-refractivity contribution >= 4 is 18.5 Å². The van der Waals surface area contributed by atoms with E-state index in [1.165, 1.54) is 10.6 Å². The zero-order valence-corrected chi connectivity index (χ0v) is 27.8. The Kier molecular flexibility index (Phi) is 18.6. The second-order valence-electron chi connectivity index (χ2n) is 8.65. The van der Waals surface area contributed by atoms with Crippen LogP contribution in [0, 0.1) is 105 Å². The molecule has 0 atom stereocenters. The largest absolute Gasteiger partial charge is 3.00 e. The first kappa shape index (κ1) is 44.8. The second kappa shape index (κ2) is 21.2. The van der Waals surface area contributed by atoms with E-state index in [-0.39, 0.29) is 22.4 Å². The monoisotopic (exact) mass is 940 g/mol. The fourth-order valence-corrected chi connectivity index (χ4v) is 4.98. The third-order valence-electron chi connectivity index (χ3n) is 5.39. The Labute approximate surface area is 296 Å². The molecule has 5 aromatic rings. The van der Waals surface area contributed by atoms with Crippen LogP contribution in [0.2, 0.25) is 0 Å². The summed E-state index contributed by atoms with van der Waals surface area (Å²) in [5.74, 6) is -28.0. The maximum absolute atomic E-state index is 12.0. The Hall–Kier alpha value is -4.24. The summed E-state index contributed by atoms with van der Waals surface area (Å²) in [7, 11) is 1.22. The molecular weight excluding hydrogens is 925 g/mol. The van der Waals surface area contributed by atoms with Gasteiger partial charge in [-0.1, -0.05) is 60.7 Å². The summed E-state index contributed by atoms with van der Waals surface area (Å²) in [6.07, 6.45) is 1.77. The summed E-state index contributed by atoms with van der Waals surface area (Å²) in [6.45, 7) is 0. The van der Waals surface area contributed by atoms with Gasteiger partial charge in [0, 0.05) is 0 Å². The minimum atomic E-state index is -2.17. The summed E-state index contributed by atoms with van der Waals surface area (Å²) in [4.78, 5) is 0. The average molecular weight is 940 g/mol. The number of hydrogen-bond acceptors (Lipinski definition) is 1. The molecule has 0 amide bonds. The van der Waals surface area contributed by atoms with Crippen LogP contribution < -0.4 is 10.6 Å². The topological polar surface area (TPSA) is 9.23 Å². The quantitative estimate of drug-likeness (QED) is 0.0332. The van der Waals surface area contributed by atoms with E-state index in [0.717, 1.165) is 18.2 Å². The van der Waals surface area contributed by atoms with Crippen molar-refractivity contribution in [1.82, 2.24) is 0 Å². The predicted molar refractivity (Wildman–Crippen MR) is 150 cm³/mol. The molecule has 0 aromatic heterocycles. The van der Waals surface area contributed by atoms with Gasteiger partial charge in [-0.05, 0) is 24.3 Å². The van der Waals surface area contributed by atoms with Crippen molar-refractivity contribution in [3.63, 3.8) is 0 Å². The molecule has 0 fully saturated rings. The summed E-state index contributed by atoms with van der Waals surface area (Å²) >= 11 is 0. The van der Waals surface area contributed by atoms with E-state index in [1.807, 2.05) is 12.1 Å². The molecule has 0 spiro atoms. The third kappa shape index (κ3) is 12.5. The first-order valence-corrected chi connectivity index (χ1v) is 14.2. The van der Waals surface area contributed by atoms with Crippen LogP contribution in [-0.2, 0) is 27.1 Å². The number of methoxy groups -OCH3 is 1. The van der Waals surface area contributed by atoms with Crippen LogP contribution in [0.25, 0.3) is 0 Å². The van der Waals surface area contributed by atoms with Crippen LogP contribution in [-0.4, -0.2) is 7.11 Å². The second-order valence-corrected chi connectivity index (χ2v) is 10.7. The predicted octanol–water partition coefficient (Wildman–Crippen LogP) is 9.78. The Bertz CT molecular complexity index is 1650. The fraction of sp³-hybridized carbons (Fsp3) is 0.0303. The van der Waals surface area contributed by atoms with Gasteiger partial charge in [-0.2, -0.15) is 0 Å². The van der Waals surface area contributed by atoms with E-state index in [0.29, 0.717) is 0 Å². The van der Waals surface area contributed by atoms with E-state index in [4.69, 9.17) is 4.74 Å². The Morgan fingerprint density at radius 1 is 0.412 bits per heavy atom. The van der Waals surface area contributed by atoms with Gasteiger partial charge in [0.25, 0.3) is 0 Å². The minimum Gasteiger partial charge on any atom is -0.504 e. The van der Waals surface area contributed by atoms with E-state index in [9.17, 15) is 65.9 Å². The van der Waals surface area contributed by atoms with Gasteiger partial charge >= 0.3 is 22.4 Å². The number of benzene rings is 5. The maximum atomic E-state index is 12.0. The summed E-state index contributed by atoms with van der Waals surface area (Å²) in [6, 6.07) is 24.1. The molecule has 0 aliphatic carbocycles. The molecule has 5 rings (SSSR count). The molecule has 1 nitrogen and oxygen atoms in total. The molecule has 0 unspecified atom stereocenters. The maximum Gasteiger partial charge on any atom is 3.00 e. The molecule has 51 heavy (non-hydrogen) atoms. The number of hydrogen-bond donors (Lipinski definition) is 0. The molecule has 18 heteroatoms. The summed E-state index contributed by atoms with van der Waals surface area (Å²) in [5.41, 5.74) is 0. The van der Waals surface area contributed by atoms with E-state index >= 15 is 0 Å². The number of halogens is 15. The van der Waals surface area contributed by atoms with Crippen LogP contribution in [0.15, 0.2) is 72.7 Å². The SMILES string of the molecule is CO/C=C/P(c1ccccc1)c1ccccc1.Fc1[c-]c(F)c(F)c(F)c1F.Fc1[c-]c(F)c(F)c(F)c1F.Fc1[c-]c(F)c(F)c(F)c1F.[Au+3]. The average Bonchev–Trinajstić information content (AvgIpc) is 3.11. The molecular formula is C33H15AuF15OP. The van der Waals surface area contributed by atoms with Crippen LogP contribution in [0.4, 0.5) is 65.9 Å². The van der Waals surface area contributed by atoms with Gasteiger partial charge in [-0.25, -0.2) is 39.5 Å². The van der Waals surface area contributed by atoms with E-state index < -0.39 is 95.2 Å². The number of rotatable bonds is 4. The van der Waals surface area contributed by atoms with E-state index in [2.05, 4.69) is 54.3 Å². The molecule has 5 aromatic carbocycles. The van der Waals surface area contributed by atoms with Gasteiger partial charge < -0.3 is 4.74 Å². The van der Waals surface area contributed by atoms with Gasteiger partial charge in [0.15, 0.2) is 0 Å². The molecule has 0 saturated carbocycles. The van der Waals surface area contributed by atoms with Crippen molar-refractivity contribution in [2.45, 2.75) is 0 Å². The molecule has 0 radical (unpaired) electrons. The Morgan fingerprint density at radius 3 is 0.863 bits per heavy atom. The van der Waals surface area contributed by atoms with Crippen LogP contribution in [0.5, 0.6) is 0 Å². The van der Waals surface area contributed by atoms with Crippen LogP contribution in [0.3, 0.4) is 0 Å². The van der Waals surface area contributed by atoms with E-state index in [1.54, 1.807) is 13.4 Å². The summed E-state index contributed by atoms with van der Waals surface area (Å²) in [5, 5.41) is 2.67. The van der Waals surface area contributed by atoms with Crippen molar-refractivity contribution in [1.29, 1.82) is 0 Å². The standard InChI is InChI=1S/C15H15OP.3C6F5.Au/c1-16-12-13-17(14-8-4-2-5-9-14)15-10-6-3-7-11-15;3*7-2-1-3(8)5(10)6(11)4(2)9;/h2-13H,1H3;;;;/q;3*-1;+3/b13-12+;;;;. The molecule has 0 heterocycles. The van der Waals surface area contributed by atoms with Crippen molar-refractivity contribution in [2.75, 3.05) is 7.11 Å². The number of ether oxygens (including phenoxy) is 1. The summed E-state index contributed by atoms with van der Waals surface area (Å²) < 4.78 is 185. The fourth-order valence-electron chi connectivity index (χ4n) is 3.11. The normalized spacial score (nSPS) is 10.3. The van der Waals surface area contributed by atoms with Crippen LogP contribution >= 0.6 is 7.92 Å². The van der Waals surface area contributed by atoms with Gasteiger partial charge in [0.2, 0.25) is 0 Å². The molecule has 0 bridgehead atoms. The molecule has 0 aliphatic rings. The van der Waals surface area contributed by atoms with Gasteiger partial charge in [-0.15, -0.1) is 18.2 Å². The van der Waals surface area contributed by atoms with Crippen molar-refractivity contribution in [3.8, 4) is 0 Å². The van der Waals surface area contributed by atoms with Crippen molar-refractivity contribution in [3.05, 3.63) is 178 Å². The molecule has 0 aliphatic heterocycles. The van der Waals surface area contributed by atoms with Crippen molar-refractivity contribution in [2.24, 2.45) is 0 Å². The first-order valence-electron chi connectivity index (χ1n) is 12.8. The Balaban J connectivity index is 0.000000345. The zero-order valence-electron chi connectivity index (χ0n) is 24.8. The molecule has 0 N–H and O–H groups in total. The minimum absolute atomic E-state index is 0. The first-order chi connectivity index (χ1) is 23.5. The van der Waals surface area contributed by atoms with Gasteiger partial charge in [-0.3, -0.25) is 26.3 Å². The van der Waals surface area contributed by atoms with Gasteiger partial charge in [0.1, 0.15) is 0 Å². The Morgan fingerprint density at radius 2 is 0.647 bits per heavy atom. The smallest absolute Gasteiger partial charge is 0.504 e. The third-order valence-corrected chi connectivity index (χ3v) is 7.51. The zero-order chi connectivity index (χ0) is 37.7. The molecule has 274 valence electrons. The molecule has 0 saturated heterocycles.